The van der Waals surface area contributed by atoms with E-state index in [1.165, 1.54) is 30.1 Å². The number of carbonyl (C=O) groups excluding carboxylic acids is 2. The molecule has 1 unspecified atom stereocenters. The van der Waals surface area contributed by atoms with Gasteiger partial charge in [0, 0.05) is 32.0 Å². The second-order valence-electron chi connectivity index (χ2n) is 9.05. The molecule has 0 saturated carbocycles. The molecule has 1 saturated heterocycles. The minimum absolute atomic E-state index is 0.0415. The number of rotatable bonds is 7. The van der Waals surface area contributed by atoms with Gasteiger partial charge in [-0.15, -0.1) is 0 Å². The van der Waals surface area contributed by atoms with Crippen LogP contribution in [0.5, 0.6) is 0 Å². The molecule has 0 spiro atoms. The third-order valence-corrected chi connectivity index (χ3v) is 6.62. The number of fused-ring (bicyclic) bond motifs is 1. The van der Waals surface area contributed by atoms with Crippen molar-refractivity contribution >= 4 is 22.6 Å². The molecule has 1 aliphatic rings. The van der Waals surface area contributed by atoms with Crippen molar-refractivity contribution in [3.8, 4) is 0 Å². The van der Waals surface area contributed by atoms with Crippen LogP contribution in [0.3, 0.4) is 0 Å². The Labute approximate surface area is 196 Å². The van der Waals surface area contributed by atoms with E-state index < -0.39 is 17.3 Å². The van der Waals surface area contributed by atoms with Gasteiger partial charge in [-0.2, -0.15) is 13.2 Å². The van der Waals surface area contributed by atoms with E-state index in [0.29, 0.717) is 25.7 Å². The topological polar surface area (TPSA) is 49.4 Å². The van der Waals surface area contributed by atoms with Gasteiger partial charge in [-0.1, -0.05) is 60.7 Å². The predicted molar refractivity (Wildman–Crippen MR) is 125 cm³/mol. The number of hydrogen-bond donors (Lipinski definition) is 1. The van der Waals surface area contributed by atoms with Crippen LogP contribution in [0.15, 0.2) is 66.7 Å². The molecule has 0 aliphatic carbocycles. The van der Waals surface area contributed by atoms with Gasteiger partial charge in [0.1, 0.15) is 0 Å². The lowest BCUT2D eigenvalue weighted by atomic mass is 9.83. The Morgan fingerprint density at radius 1 is 1.00 bits per heavy atom. The average Bonchev–Trinajstić information content (AvgIpc) is 3.18. The second kappa shape index (κ2) is 9.49. The van der Waals surface area contributed by atoms with E-state index in [-0.39, 0.29) is 30.3 Å². The Hall–Kier alpha value is -3.35. The second-order valence-corrected chi connectivity index (χ2v) is 9.05. The molecule has 2 amide bonds. The average molecular weight is 469 g/mol. The van der Waals surface area contributed by atoms with Crippen molar-refractivity contribution in [1.82, 2.24) is 10.2 Å². The van der Waals surface area contributed by atoms with Gasteiger partial charge in [-0.3, -0.25) is 9.59 Å². The zero-order chi connectivity index (χ0) is 24.3. The Kier molecular flexibility index (Phi) is 6.64. The summed E-state index contributed by atoms with van der Waals surface area (Å²) in [6.07, 6.45) is -2.32. The number of nitrogens with zero attached hydrogens (tertiary/aromatic N) is 1. The van der Waals surface area contributed by atoms with Crippen LogP contribution in [0.25, 0.3) is 10.8 Å². The van der Waals surface area contributed by atoms with E-state index in [2.05, 4.69) is 5.32 Å². The lowest BCUT2D eigenvalue weighted by Crippen LogP contribution is -2.44. The number of nitrogens with one attached hydrogen (secondary N) is 1. The molecule has 0 bridgehead atoms. The first-order valence-corrected chi connectivity index (χ1v) is 11.3. The van der Waals surface area contributed by atoms with Crippen molar-refractivity contribution in [2.24, 2.45) is 0 Å². The molecule has 3 aromatic carbocycles. The molecule has 0 aromatic heterocycles. The van der Waals surface area contributed by atoms with Crippen LogP contribution in [0, 0.1) is 0 Å². The van der Waals surface area contributed by atoms with Gasteiger partial charge in [0.15, 0.2) is 0 Å². The maximum absolute atomic E-state index is 13.3. The molecule has 178 valence electrons. The van der Waals surface area contributed by atoms with Gasteiger partial charge in [-0.05, 0) is 47.2 Å². The maximum atomic E-state index is 13.3. The molecule has 3 aromatic rings. The summed E-state index contributed by atoms with van der Waals surface area (Å²) >= 11 is 0. The summed E-state index contributed by atoms with van der Waals surface area (Å²) < 4.78 is 39.9. The highest BCUT2D eigenvalue weighted by atomic mass is 19.4. The van der Waals surface area contributed by atoms with Crippen molar-refractivity contribution < 1.29 is 22.8 Å². The molecule has 1 atom stereocenters. The van der Waals surface area contributed by atoms with Crippen molar-refractivity contribution in [3.63, 3.8) is 0 Å². The minimum atomic E-state index is -4.48. The first kappa shape index (κ1) is 23.8. The lowest BCUT2D eigenvalue weighted by Gasteiger charge is -2.31. The van der Waals surface area contributed by atoms with E-state index in [4.69, 9.17) is 0 Å². The fourth-order valence-corrected chi connectivity index (χ4v) is 4.81. The number of benzene rings is 3. The molecule has 4 rings (SSSR count). The molecule has 7 heteroatoms. The monoisotopic (exact) mass is 468 g/mol. The molecule has 1 N–H and O–H groups in total. The third kappa shape index (κ3) is 5.24. The van der Waals surface area contributed by atoms with E-state index in [1.807, 2.05) is 42.5 Å². The molecule has 34 heavy (non-hydrogen) atoms. The SMILES string of the molecule is CN(Cc1ccccc1C(F)(F)F)C(=O)CCC1(Cc2cccc3ccccc23)CCC(=O)N1. The van der Waals surface area contributed by atoms with Crippen molar-refractivity contribution in [1.29, 1.82) is 0 Å². The Morgan fingerprint density at radius 3 is 2.41 bits per heavy atom. The normalized spacial score (nSPS) is 18.2. The van der Waals surface area contributed by atoms with E-state index in [0.717, 1.165) is 22.4 Å². The highest BCUT2D eigenvalue weighted by molar-refractivity contribution is 5.86. The van der Waals surface area contributed by atoms with Crippen LogP contribution in [0.4, 0.5) is 13.2 Å². The van der Waals surface area contributed by atoms with Crippen LogP contribution in [0.2, 0.25) is 0 Å². The molecular weight excluding hydrogens is 441 g/mol. The molecule has 0 radical (unpaired) electrons. The fourth-order valence-electron chi connectivity index (χ4n) is 4.81. The smallest absolute Gasteiger partial charge is 0.350 e. The van der Waals surface area contributed by atoms with Gasteiger partial charge in [0.25, 0.3) is 0 Å². The van der Waals surface area contributed by atoms with Gasteiger partial charge < -0.3 is 10.2 Å². The van der Waals surface area contributed by atoms with Crippen molar-refractivity contribution in [2.75, 3.05) is 7.05 Å². The van der Waals surface area contributed by atoms with Gasteiger partial charge in [-0.25, -0.2) is 0 Å². The Balaban J connectivity index is 1.48. The molecule has 1 heterocycles. The zero-order valence-corrected chi connectivity index (χ0v) is 19.0. The third-order valence-electron chi connectivity index (χ3n) is 6.62. The summed E-state index contributed by atoms with van der Waals surface area (Å²) in [4.78, 5) is 26.4. The van der Waals surface area contributed by atoms with Crippen LogP contribution in [-0.2, 0) is 28.7 Å². The molecule has 1 fully saturated rings. The van der Waals surface area contributed by atoms with Crippen molar-refractivity contribution in [2.45, 2.75) is 50.4 Å². The van der Waals surface area contributed by atoms with E-state index >= 15 is 0 Å². The Bertz CT molecular complexity index is 1200. The summed E-state index contributed by atoms with van der Waals surface area (Å²) in [6, 6.07) is 19.4. The number of amides is 2. The van der Waals surface area contributed by atoms with Crippen LogP contribution in [-0.4, -0.2) is 29.3 Å². The van der Waals surface area contributed by atoms with E-state index in [9.17, 15) is 22.8 Å². The van der Waals surface area contributed by atoms with Crippen LogP contribution < -0.4 is 5.32 Å². The summed E-state index contributed by atoms with van der Waals surface area (Å²) in [5.74, 6) is -0.296. The van der Waals surface area contributed by atoms with Crippen molar-refractivity contribution in [3.05, 3.63) is 83.4 Å². The highest BCUT2D eigenvalue weighted by Gasteiger charge is 2.38. The molecular formula is C27H27F3N2O2. The first-order chi connectivity index (χ1) is 16.2. The fraction of sp³-hybridized carbons (Fsp3) is 0.333. The quantitative estimate of drug-likeness (QED) is 0.499. The minimum Gasteiger partial charge on any atom is -0.350 e. The number of halogens is 3. The van der Waals surface area contributed by atoms with Gasteiger partial charge >= 0.3 is 6.18 Å². The van der Waals surface area contributed by atoms with Crippen LogP contribution >= 0.6 is 0 Å². The lowest BCUT2D eigenvalue weighted by molar-refractivity contribution is -0.139. The summed E-state index contributed by atoms with van der Waals surface area (Å²) in [5, 5.41) is 5.31. The summed E-state index contributed by atoms with van der Waals surface area (Å²) in [5.41, 5.74) is -0.127. The predicted octanol–water partition coefficient (Wildman–Crippen LogP) is 5.49. The zero-order valence-electron chi connectivity index (χ0n) is 19.0. The van der Waals surface area contributed by atoms with Gasteiger partial charge in [0.2, 0.25) is 11.8 Å². The first-order valence-electron chi connectivity index (χ1n) is 11.3. The number of alkyl halides is 3. The molecule has 4 nitrogen and oxygen atoms in total. The highest BCUT2D eigenvalue weighted by Crippen LogP contribution is 2.34. The molecule has 1 aliphatic heterocycles. The van der Waals surface area contributed by atoms with Crippen LogP contribution in [0.1, 0.15) is 42.4 Å². The largest absolute Gasteiger partial charge is 0.416 e. The maximum Gasteiger partial charge on any atom is 0.416 e. The summed E-state index contributed by atoms with van der Waals surface area (Å²) in [6.45, 7) is -0.128. The number of hydrogen-bond acceptors (Lipinski definition) is 2. The van der Waals surface area contributed by atoms with Gasteiger partial charge in [0.05, 0.1) is 5.56 Å². The Morgan fingerprint density at radius 2 is 1.68 bits per heavy atom. The standard InChI is InChI=1S/C27H27F3N2O2/c1-32(18-21-8-3-5-12-23(21)27(28,29)30)25(34)14-16-26(15-13-24(33)31-26)17-20-10-6-9-19-7-2-4-11-22(19)20/h2-12H,13-18H2,1H3,(H,31,33). The summed E-state index contributed by atoms with van der Waals surface area (Å²) in [7, 11) is 1.51. The van der Waals surface area contributed by atoms with E-state index in [1.54, 1.807) is 0 Å². The number of carbonyl (C=O) groups is 2.